The number of hydrogen-bond acceptors (Lipinski definition) is 4. The van der Waals surface area contributed by atoms with Gasteiger partial charge in [0.1, 0.15) is 0 Å². The number of carbonyl (C=O) groups excluding carboxylic acids is 2. The van der Waals surface area contributed by atoms with Crippen molar-refractivity contribution in [2.75, 3.05) is 19.6 Å². The molecule has 0 radical (unpaired) electrons. The number of nitrogens with one attached hydrogen (secondary N) is 1. The van der Waals surface area contributed by atoms with Crippen LogP contribution in [0, 0.1) is 0 Å². The molecule has 2 fully saturated rings. The highest BCUT2D eigenvalue weighted by atomic mass is 16.2. The zero-order chi connectivity index (χ0) is 18.6. The van der Waals surface area contributed by atoms with Gasteiger partial charge in [0, 0.05) is 45.1 Å². The SMILES string of the molecule is O=C(CCN1CCCC1=O)NCc1cc2n(n1)CCN(C1CCCCC1)C2. The lowest BCUT2D eigenvalue weighted by Crippen LogP contribution is -2.42. The molecule has 0 unspecified atom stereocenters. The highest BCUT2D eigenvalue weighted by molar-refractivity contribution is 5.80. The second-order valence-corrected chi connectivity index (χ2v) is 8.12. The van der Waals surface area contributed by atoms with Crippen LogP contribution >= 0.6 is 0 Å². The standard InChI is InChI=1S/C20H31N5O2/c26-19(8-10-23-9-4-7-20(23)27)21-14-16-13-18-15-24(11-12-25(18)22-16)17-5-2-1-3-6-17/h13,17H,1-12,14-15H2,(H,21,26). The van der Waals surface area contributed by atoms with Crippen LogP contribution in [0.3, 0.4) is 0 Å². The second kappa shape index (κ2) is 8.42. The van der Waals surface area contributed by atoms with Crippen LogP contribution < -0.4 is 5.32 Å². The van der Waals surface area contributed by atoms with Crippen molar-refractivity contribution in [2.45, 2.75) is 77.0 Å². The van der Waals surface area contributed by atoms with Crippen molar-refractivity contribution in [2.24, 2.45) is 0 Å². The number of likely N-dealkylation sites (tertiary alicyclic amines) is 1. The summed E-state index contributed by atoms with van der Waals surface area (Å²) in [4.78, 5) is 28.1. The van der Waals surface area contributed by atoms with Crippen molar-refractivity contribution >= 4 is 11.8 Å². The summed E-state index contributed by atoms with van der Waals surface area (Å²) in [6, 6.07) is 2.87. The Morgan fingerprint density at radius 1 is 1.15 bits per heavy atom. The van der Waals surface area contributed by atoms with E-state index in [2.05, 4.69) is 26.1 Å². The van der Waals surface area contributed by atoms with E-state index in [0.29, 0.717) is 25.9 Å². The van der Waals surface area contributed by atoms with Crippen molar-refractivity contribution in [3.8, 4) is 0 Å². The highest BCUT2D eigenvalue weighted by Crippen LogP contribution is 2.26. The Bertz CT molecular complexity index is 680. The molecule has 1 aromatic heterocycles. The van der Waals surface area contributed by atoms with Gasteiger partial charge in [0.05, 0.1) is 24.5 Å². The normalized spacial score (nSPS) is 21.5. The number of nitrogens with zero attached hydrogens (tertiary/aromatic N) is 4. The van der Waals surface area contributed by atoms with Gasteiger partial charge in [0.15, 0.2) is 0 Å². The van der Waals surface area contributed by atoms with Crippen LogP contribution in [0.4, 0.5) is 0 Å². The molecule has 1 aromatic rings. The summed E-state index contributed by atoms with van der Waals surface area (Å²) in [6.45, 7) is 4.78. The Kier molecular flexibility index (Phi) is 5.76. The second-order valence-electron chi connectivity index (χ2n) is 8.12. The van der Waals surface area contributed by atoms with Crippen LogP contribution in [0.2, 0.25) is 0 Å². The molecule has 3 aliphatic rings. The largest absolute Gasteiger partial charge is 0.350 e. The maximum Gasteiger partial charge on any atom is 0.222 e. The van der Waals surface area contributed by atoms with Crippen molar-refractivity contribution in [1.82, 2.24) is 24.9 Å². The number of aromatic nitrogens is 2. The van der Waals surface area contributed by atoms with Crippen molar-refractivity contribution in [1.29, 1.82) is 0 Å². The number of fused-ring (bicyclic) bond motifs is 1. The lowest BCUT2D eigenvalue weighted by Gasteiger charge is -2.36. The summed E-state index contributed by atoms with van der Waals surface area (Å²) in [5.74, 6) is 0.164. The van der Waals surface area contributed by atoms with Gasteiger partial charge in [0.25, 0.3) is 0 Å². The van der Waals surface area contributed by atoms with E-state index in [1.54, 1.807) is 4.90 Å². The molecular formula is C20H31N5O2. The third kappa shape index (κ3) is 4.51. The van der Waals surface area contributed by atoms with Crippen LogP contribution in [-0.2, 0) is 29.2 Å². The van der Waals surface area contributed by atoms with Crippen LogP contribution in [0.25, 0.3) is 0 Å². The van der Waals surface area contributed by atoms with Gasteiger partial charge in [-0.3, -0.25) is 19.2 Å². The molecule has 1 saturated heterocycles. The molecule has 4 rings (SSSR count). The van der Waals surface area contributed by atoms with E-state index in [-0.39, 0.29) is 11.8 Å². The summed E-state index contributed by atoms with van der Waals surface area (Å²) in [7, 11) is 0. The Balaban J connectivity index is 1.24. The molecule has 0 spiro atoms. The Morgan fingerprint density at radius 3 is 2.78 bits per heavy atom. The van der Waals surface area contributed by atoms with Crippen molar-refractivity contribution in [3.05, 3.63) is 17.5 Å². The molecule has 2 aliphatic heterocycles. The summed E-state index contributed by atoms with van der Waals surface area (Å²) < 4.78 is 2.10. The van der Waals surface area contributed by atoms with E-state index in [1.807, 2.05) is 0 Å². The molecule has 148 valence electrons. The first-order valence-corrected chi connectivity index (χ1v) is 10.5. The predicted octanol–water partition coefficient (Wildman–Crippen LogP) is 1.66. The average Bonchev–Trinajstić information content (AvgIpc) is 3.30. The van der Waals surface area contributed by atoms with E-state index >= 15 is 0 Å². The number of amides is 2. The van der Waals surface area contributed by atoms with Crippen LogP contribution in [0.1, 0.15) is 62.8 Å². The fraction of sp³-hybridized carbons (Fsp3) is 0.750. The van der Waals surface area contributed by atoms with Gasteiger partial charge in [-0.1, -0.05) is 19.3 Å². The minimum atomic E-state index is -0.00972. The van der Waals surface area contributed by atoms with E-state index in [9.17, 15) is 9.59 Å². The molecule has 0 aromatic carbocycles. The van der Waals surface area contributed by atoms with Gasteiger partial charge < -0.3 is 10.2 Å². The predicted molar refractivity (Wildman–Crippen MR) is 102 cm³/mol. The van der Waals surface area contributed by atoms with E-state index in [4.69, 9.17) is 0 Å². The molecule has 1 aliphatic carbocycles. The summed E-state index contributed by atoms with van der Waals surface area (Å²) in [5.41, 5.74) is 2.19. The first-order valence-electron chi connectivity index (χ1n) is 10.5. The van der Waals surface area contributed by atoms with Crippen LogP contribution in [0.5, 0.6) is 0 Å². The Labute approximate surface area is 161 Å². The average molecular weight is 374 g/mol. The fourth-order valence-electron chi connectivity index (χ4n) is 4.64. The molecular weight excluding hydrogens is 342 g/mol. The van der Waals surface area contributed by atoms with Crippen LogP contribution in [-0.4, -0.2) is 57.1 Å². The molecule has 2 amide bonds. The molecule has 0 atom stereocenters. The number of rotatable bonds is 6. The molecule has 7 nitrogen and oxygen atoms in total. The summed E-state index contributed by atoms with van der Waals surface area (Å²) >= 11 is 0. The minimum absolute atomic E-state index is 0.00972. The van der Waals surface area contributed by atoms with Gasteiger partial charge in [0.2, 0.25) is 11.8 Å². The topological polar surface area (TPSA) is 70.5 Å². The van der Waals surface area contributed by atoms with Gasteiger partial charge in [-0.05, 0) is 25.3 Å². The quantitative estimate of drug-likeness (QED) is 0.823. The lowest BCUT2D eigenvalue weighted by atomic mass is 9.94. The first-order chi connectivity index (χ1) is 13.2. The summed E-state index contributed by atoms with van der Waals surface area (Å²) in [6.07, 6.45) is 8.68. The number of hydrogen-bond donors (Lipinski definition) is 1. The Hall–Kier alpha value is -1.89. The molecule has 0 bridgehead atoms. The van der Waals surface area contributed by atoms with Gasteiger partial charge in [-0.25, -0.2) is 0 Å². The monoisotopic (exact) mass is 373 g/mol. The third-order valence-corrected chi connectivity index (χ3v) is 6.22. The van der Waals surface area contributed by atoms with E-state index < -0.39 is 0 Å². The van der Waals surface area contributed by atoms with Crippen molar-refractivity contribution < 1.29 is 9.59 Å². The smallest absolute Gasteiger partial charge is 0.222 e. The summed E-state index contributed by atoms with van der Waals surface area (Å²) in [5, 5.41) is 7.62. The molecule has 1 N–H and O–H groups in total. The number of carbonyl (C=O) groups is 2. The zero-order valence-electron chi connectivity index (χ0n) is 16.2. The molecule has 7 heteroatoms. The van der Waals surface area contributed by atoms with Crippen LogP contribution in [0.15, 0.2) is 6.07 Å². The zero-order valence-corrected chi connectivity index (χ0v) is 16.2. The Morgan fingerprint density at radius 2 is 2.00 bits per heavy atom. The fourth-order valence-corrected chi connectivity index (χ4v) is 4.64. The van der Waals surface area contributed by atoms with E-state index in [1.165, 1.54) is 37.8 Å². The van der Waals surface area contributed by atoms with Gasteiger partial charge in [-0.15, -0.1) is 0 Å². The van der Waals surface area contributed by atoms with Crippen molar-refractivity contribution in [3.63, 3.8) is 0 Å². The minimum Gasteiger partial charge on any atom is -0.350 e. The first kappa shape index (κ1) is 18.5. The van der Waals surface area contributed by atoms with E-state index in [0.717, 1.165) is 44.3 Å². The maximum absolute atomic E-state index is 12.1. The highest BCUT2D eigenvalue weighted by Gasteiger charge is 2.26. The van der Waals surface area contributed by atoms with Gasteiger partial charge in [-0.2, -0.15) is 5.10 Å². The molecule has 1 saturated carbocycles. The molecule has 3 heterocycles. The third-order valence-electron chi connectivity index (χ3n) is 6.22. The maximum atomic E-state index is 12.1. The lowest BCUT2D eigenvalue weighted by molar-refractivity contribution is -0.128. The van der Waals surface area contributed by atoms with Gasteiger partial charge >= 0.3 is 0 Å². The molecule has 27 heavy (non-hydrogen) atoms.